The van der Waals surface area contributed by atoms with Crippen molar-refractivity contribution < 1.29 is 9.59 Å². The van der Waals surface area contributed by atoms with Crippen LogP contribution in [0.4, 0.5) is 5.69 Å². The van der Waals surface area contributed by atoms with E-state index in [1.54, 1.807) is 20.2 Å². The number of fused-ring (bicyclic) bond motifs is 1. The van der Waals surface area contributed by atoms with Crippen LogP contribution in [0.25, 0.3) is 10.9 Å². The Labute approximate surface area is 122 Å². The van der Waals surface area contributed by atoms with Gasteiger partial charge in [-0.1, -0.05) is 18.2 Å². The molecule has 6 heteroatoms. The van der Waals surface area contributed by atoms with Gasteiger partial charge in [0.2, 0.25) is 5.91 Å². The van der Waals surface area contributed by atoms with Gasteiger partial charge in [0, 0.05) is 38.1 Å². The first-order chi connectivity index (χ1) is 10.2. The molecular formula is C15H18N4O2. The number of hydrogen-bond donors (Lipinski definition) is 3. The quantitative estimate of drug-likeness (QED) is 0.770. The number of aromatic nitrogens is 1. The highest BCUT2D eigenvalue weighted by atomic mass is 16.2. The lowest BCUT2D eigenvalue weighted by Crippen LogP contribution is -2.29. The summed E-state index contributed by atoms with van der Waals surface area (Å²) in [5.41, 5.74) is 1.92. The van der Waals surface area contributed by atoms with Crippen LogP contribution in [0.5, 0.6) is 0 Å². The summed E-state index contributed by atoms with van der Waals surface area (Å²) in [5.74, 6) is -0.404. The second-order valence-electron chi connectivity index (χ2n) is 4.50. The van der Waals surface area contributed by atoms with Crippen LogP contribution >= 0.6 is 0 Å². The van der Waals surface area contributed by atoms with Crippen LogP contribution in [-0.4, -0.2) is 37.4 Å². The maximum atomic E-state index is 12.1. The number of carbonyl (C=O) groups is 2. The number of anilines is 1. The molecule has 1 aromatic carbocycles. The van der Waals surface area contributed by atoms with Crippen molar-refractivity contribution in [1.29, 1.82) is 0 Å². The Balaban J connectivity index is 2.17. The van der Waals surface area contributed by atoms with Crippen LogP contribution in [-0.2, 0) is 4.79 Å². The second-order valence-corrected chi connectivity index (χ2v) is 4.50. The van der Waals surface area contributed by atoms with Crippen LogP contribution in [0.3, 0.4) is 0 Å². The summed E-state index contributed by atoms with van der Waals surface area (Å²) in [4.78, 5) is 27.6. The van der Waals surface area contributed by atoms with E-state index in [2.05, 4.69) is 20.9 Å². The molecule has 1 aromatic heterocycles. The third kappa shape index (κ3) is 3.47. The van der Waals surface area contributed by atoms with Crippen LogP contribution in [0, 0.1) is 0 Å². The zero-order valence-corrected chi connectivity index (χ0v) is 12.1. The molecule has 3 N–H and O–H groups in total. The summed E-state index contributed by atoms with van der Waals surface area (Å²) in [6.45, 7) is 0.280. The highest BCUT2D eigenvalue weighted by Crippen LogP contribution is 2.22. The fraction of sp³-hybridized carbons (Fsp3) is 0.267. The molecule has 0 bridgehead atoms. The SMILES string of the molecule is CNC(=O)CCNC(=O)c1cc(NC)c2ccccc2n1. The standard InChI is InChI=1S/C15H18N4O2/c1-16-12-9-13(15(21)18-8-7-14(20)17-2)19-11-6-4-3-5-10(11)12/h3-6,9H,7-8H2,1-2H3,(H,16,19)(H,17,20)(H,18,21). The number of nitrogens with zero attached hydrogens (tertiary/aromatic N) is 1. The van der Waals surface area contributed by atoms with E-state index in [1.807, 2.05) is 24.3 Å². The molecule has 2 amide bonds. The molecule has 0 unspecified atom stereocenters. The third-order valence-corrected chi connectivity index (χ3v) is 3.13. The molecule has 0 aliphatic carbocycles. The van der Waals surface area contributed by atoms with Gasteiger partial charge in [0.15, 0.2) is 0 Å². The van der Waals surface area contributed by atoms with Crippen molar-refractivity contribution in [2.75, 3.05) is 26.0 Å². The molecule has 6 nitrogen and oxygen atoms in total. The predicted molar refractivity (Wildman–Crippen MR) is 82.3 cm³/mol. The minimum Gasteiger partial charge on any atom is -0.388 e. The Bertz CT molecular complexity index is 670. The lowest BCUT2D eigenvalue weighted by molar-refractivity contribution is -0.120. The molecule has 2 rings (SSSR count). The summed E-state index contributed by atoms with van der Waals surface area (Å²) in [6.07, 6.45) is 0.245. The average Bonchev–Trinajstić information content (AvgIpc) is 2.53. The van der Waals surface area contributed by atoms with Gasteiger partial charge in [-0.15, -0.1) is 0 Å². The molecule has 0 aliphatic rings. The van der Waals surface area contributed by atoms with E-state index in [1.165, 1.54) is 0 Å². The topological polar surface area (TPSA) is 83.1 Å². The number of nitrogens with one attached hydrogen (secondary N) is 3. The summed E-state index contributed by atoms with van der Waals surface area (Å²) in [5, 5.41) is 9.22. The fourth-order valence-corrected chi connectivity index (χ4v) is 2.00. The number of benzene rings is 1. The largest absolute Gasteiger partial charge is 0.388 e. The number of hydrogen-bond acceptors (Lipinski definition) is 4. The first-order valence-electron chi connectivity index (χ1n) is 6.72. The van der Waals surface area contributed by atoms with Crippen molar-refractivity contribution >= 4 is 28.4 Å². The molecule has 0 saturated heterocycles. The zero-order valence-electron chi connectivity index (χ0n) is 12.1. The van der Waals surface area contributed by atoms with Crippen LogP contribution in [0.15, 0.2) is 30.3 Å². The maximum absolute atomic E-state index is 12.1. The van der Waals surface area contributed by atoms with Gasteiger partial charge in [0.1, 0.15) is 5.69 Å². The number of amides is 2. The maximum Gasteiger partial charge on any atom is 0.269 e. The Morgan fingerprint density at radius 3 is 2.67 bits per heavy atom. The summed E-state index contributed by atoms with van der Waals surface area (Å²) in [6, 6.07) is 9.31. The first kappa shape index (κ1) is 14.8. The molecule has 0 radical (unpaired) electrons. The number of pyridine rings is 1. The summed E-state index contributed by atoms with van der Waals surface area (Å²) in [7, 11) is 3.36. The summed E-state index contributed by atoms with van der Waals surface area (Å²) < 4.78 is 0. The van der Waals surface area contributed by atoms with Gasteiger partial charge in [-0.05, 0) is 12.1 Å². The lowest BCUT2D eigenvalue weighted by atomic mass is 10.1. The Kier molecular flexibility index (Phi) is 4.71. The van der Waals surface area contributed by atoms with Gasteiger partial charge >= 0.3 is 0 Å². The molecule has 0 atom stereocenters. The van der Waals surface area contributed by atoms with Gasteiger partial charge < -0.3 is 16.0 Å². The van der Waals surface area contributed by atoms with Gasteiger partial charge in [-0.3, -0.25) is 9.59 Å². The molecule has 110 valence electrons. The van der Waals surface area contributed by atoms with Crippen molar-refractivity contribution in [2.45, 2.75) is 6.42 Å². The normalized spacial score (nSPS) is 10.2. The van der Waals surface area contributed by atoms with Crippen molar-refractivity contribution in [3.63, 3.8) is 0 Å². The average molecular weight is 286 g/mol. The molecule has 0 spiro atoms. The highest BCUT2D eigenvalue weighted by Gasteiger charge is 2.11. The summed E-state index contributed by atoms with van der Waals surface area (Å²) >= 11 is 0. The molecular weight excluding hydrogens is 268 g/mol. The number of carbonyl (C=O) groups excluding carboxylic acids is 2. The van der Waals surface area contributed by atoms with Crippen molar-refractivity contribution in [3.8, 4) is 0 Å². The van der Waals surface area contributed by atoms with E-state index in [9.17, 15) is 9.59 Å². The zero-order chi connectivity index (χ0) is 15.2. The van der Waals surface area contributed by atoms with E-state index in [0.29, 0.717) is 5.69 Å². The lowest BCUT2D eigenvalue weighted by Gasteiger charge is -2.09. The molecule has 2 aromatic rings. The minimum atomic E-state index is -0.291. The Hall–Kier alpha value is -2.63. The van der Waals surface area contributed by atoms with E-state index < -0.39 is 0 Å². The van der Waals surface area contributed by atoms with Crippen molar-refractivity contribution in [1.82, 2.24) is 15.6 Å². The molecule has 0 fully saturated rings. The number of para-hydroxylation sites is 1. The number of rotatable bonds is 5. The smallest absolute Gasteiger partial charge is 0.269 e. The van der Waals surface area contributed by atoms with Gasteiger partial charge in [0.05, 0.1) is 5.52 Å². The van der Waals surface area contributed by atoms with E-state index in [4.69, 9.17) is 0 Å². The Morgan fingerprint density at radius 2 is 1.95 bits per heavy atom. The van der Waals surface area contributed by atoms with E-state index >= 15 is 0 Å². The van der Waals surface area contributed by atoms with Crippen LogP contribution in [0.2, 0.25) is 0 Å². The minimum absolute atomic E-state index is 0.113. The predicted octanol–water partition coefficient (Wildman–Crippen LogP) is 1.14. The second kappa shape index (κ2) is 6.69. The van der Waals surface area contributed by atoms with Crippen molar-refractivity contribution in [3.05, 3.63) is 36.0 Å². The van der Waals surface area contributed by atoms with Gasteiger partial charge in [-0.2, -0.15) is 0 Å². The van der Waals surface area contributed by atoms with Gasteiger partial charge in [-0.25, -0.2) is 4.98 Å². The molecule has 1 heterocycles. The van der Waals surface area contributed by atoms with Gasteiger partial charge in [0.25, 0.3) is 5.91 Å². The fourth-order valence-electron chi connectivity index (χ4n) is 2.00. The third-order valence-electron chi connectivity index (χ3n) is 3.13. The van der Waals surface area contributed by atoms with Crippen LogP contribution in [0.1, 0.15) is 16.9 Å². The molecule has 21 heavy (non-hydrogen) atoms. The monoisotopic (exact) mass is 286 g/mol. The molecule has 0 saturated carbocycles. The van der Waals surface area contributed by atoms with E-state index in [0.717, 1.165) is 16.6 Å². The Morgan fingerprint density at radius 1 is 1.19 bits per heavy atom. The highest BCUT2D eigenvalue weighted by molar-refractivity contribution is 5.99. The van der Waals surface area contributed by atoms with E-state index in [-0.39, 0.29) is 24.8 Å². The molecule has 0 aliphatic heterocycles. The first-order valence-corrected chi connectivity index (χ1v) is 6.72. The van der Waals surface area contributed by atoms with Crippen molar-refractivity contribution in [2.24, 2.45) is 0 Å². The van der Waals surface area contributed by atoms with Crippen LogP contribution < -0.4 is 16.0 Å².